The number of nitrogens with one attached hydrogen (secondary N) is 1. The summed E-state index contributed by atoms with van der Waals surface area (Å²) in [6, 6.07) is 0. The zero-order valence-corrected chi connectivity index (χ0v) is 5.84. The van der Waals surface area contributed by atoms with Crippen molar-refractivity contribution in [3.05, 3.63) is 0 Å². The monoisotopic (exact) mass is 131 g/mol. The molecule has 0 aromatic rings. The molecule has 1 fully saturated rings. The summed E-state index contributed by atoms with van der Waals surface area (Å²) < 4.78 is 4.99. The zero-order valence-electron chi connectivity index (χ0n) is 5.02. The molecule has 1 rings (SSSR count). The highest BCUT2D eigenvalue weighted by atomic mass is 32.1. The van der Waals surface area contributed by atoms with E-state index in [-0.39, 0.29) is 5.54 Å². The van der Waals surface area contributed by atoms with Gasteiger partial charge in [0.25, 0.3) is 5.17 Å². The van der Waals surface area contributed by atoms with E-state index >= 15 is 0 Å². The van der Waals surface area contributed by atoms with Crippen LogP contribution in [0.15, 0.2) is 0 Å². The Morgan fingerprint density at radius 1 is 1.75 bits per heavy atom. The van der Waals surface area contributed by atoms with Crippen molar-refractivity contribution in [2.24, 2.45) is 0 Å². The van der Waals surface area contributed by atoms with Crippen molar-refractivity contribution in [2.75, 3.05) is 6.61 Å². The minimum Gasteiger partial charge on any atom is -0.469 e. The van der Waals surface area contributed by atoms with Gasteiger partial charge in [-0.25, -0.2) is 0 Å². The van der Waals surface area contributed by atoms with E-state index in [2.05, 4.69) is 5.32 Å². The van der Waals surface area contributed by atoms with E-state index in [9.17, 15) is 0 Å². The maximum atomic E-state index is 4.99. The Kier molecular flexibility index (Phi) is 1.15. The Labute approximate surface area is 54.2 Å². The van der Waals surface area contributed by atoms with Crippen molar-refractivity contribution in [1.29, 1.82) is 0 Å². The smallest absolute Gasteiger partial charge is 0.257 e. The Morgan fingerprint density at radius 2 is 2.38 bits per heavy atom. The van der Waals surface area contributed by atoms with Crippen LogP contribution in [0.3, 0.4) is 0 Å². The van der Waals surface area contributed by atoms with Crippen LogP contribution in [0.5, 0.6) is 0 Å². The van der Waals surface area contributed by atoms with Gasteiger partial charge >= 0.3 is 0 Å². The molecule has 1 saturated heterocycles. The summed E-state index contributed by atoms with van der Waals surface area (Å²) in [7, 11) is 0. The molecule has 0 aliphatic carbocycles. The van der Waals surface area contributed by atoms with E-state index in [4.69, 9.17) is 17.0 Å². The van der Waals surface area contributed by atoms with Crippen LogP contribution in [0, 0.1) is 0 Å². The van der Waals surface area contributed by atoms with Crippen LogP contribution in [-0.2, 0) is 4.74 Å². The lowest BCUT2D eigenvalue weighted by Gasteiger charge is -2.12. The minimum atomic E-state index is 0.0527. The molecule has 1 N–H and O–H groups in total. The molecule has 2 nitrogen and oxygen atoms in total. The zero-order chi connectivity index (χ0) is 6.20. The molecule has 1 heterocycles. The molecule has 0 amide bonds. The second kappa shape index (κ2) is 1.58. The molecule has 0 bridgehead atoms. The van der Waals surface area contributed by atoms with E-state index in [0.717, 1.165) is 0 Å². The van der Waals surface area contributed by atoms with Crippen LogP contribution >= 0.6 is 12.2 Å². The predicted octanol–water partition coefficient (Wildman–Crippen LogP) is 0.670. The first kappa shape index (κ1) is 5.82. The summed E-state index contributed by atoms with van der Waals surface area (Å²) in [5.41, 5.74) is 0.0527. The molecule has 0 atom stereocenters. The van der Waals surface area contributed by atoms with Gasteiger partial charge in [-0.15, -0.1) is 0 Å². The molecular weight excluding hydrogens is 122 g/mol. The van der Waals surface area contributed by atoms with Crippen LogP contribution in [0.1, 0.15) is 13.8 Å². The second-order valence-electron chi connectivity index (χ2n) is 2.59. The van der Waals surface area contributed by atoms with Crippen molar-refractivity contribution >= 4 is 17.4 Å². The Balaban J connectivity index is 2.56. The van der Waals surface area contributed by atoms with Crippen LogP contribution in [0.4, 0.5) is 0 Å². The summed E-state index contributed by atoms with van der Waals surface area (Å²) in [4.78, 5) is 0. The van der Waals surface area contributed by atoms with Crippen LogP contribution in [0.2, 0.25) is 0 Å². The fraction of sp³-hybridized carbons (Fsp3) is 0.800. The van der Waals surface area contributed by atoms with Crippen molar-refractivity contribution in [1.82, 2.24) is 5.32 Å². The molecule has 46 valence electrons. The molecular formula is C5H9NOS. The summed E-state index contributed by atoms with van der Waals surface area (Å²) in [6.07, 6.45) is 0. The molecule has 0 unspecified atom stereocenters. The molecule has 0 aromatic carbocycles. The predicted molar refractivity (Wildman–Crippen MR) is 35.8 cm³/mol. The second-order valence-corrected chi connectivity index (χ2v) is 2.96. The summed E-state index contributed by atoms with van der Waals surface area (Å²) in [5, 5.41) is 3.53. The van der Waals surface area contributed by atoms with E-state index in [1.54, 1.807) is 0 Å². The van der Waals surface area contributed by atoms with Gasteiger partial charge in [-0.1, -0.05) is 0 Å². The fourth-order valence-electron chi connectivity index (χ4n) is 0.594. The fourth-order valence-corrected chi connectivity index (χ4v) is 0.930. The van der Waals surface area contributed by atoms with E-state index < -0.39 is 0 Å². The van der Waals surface area contributed by atoms with Gasteiger partial charge in [0.2, 0.25) is 0 Å². The lowest BCUT2D eigenvalue weighted by Crippen LogP contribution is -2.36. The Hall–Kier alpha value is -0.310. The highest BCUT2D eigenvalue weighted by Crippen LogP contribution is 2.09. The first-order valence-corrected chi connectivity index (χ1v) is 2.96. The van der Waals surface area contributed by atoms with Gasteiger partial charge in [-0.05, 0) is 26.1 Å². The number of rotatable bonds is 0. The van der Waals surface area contributed by atoms with Gasteiger partial charge in [0, 0.05) is 0 Å². The third kappa shape index (κ3) is 1.10. The van der Waals surface area contributed by atoms with Gasteiger partial charge in [-0.3, -0.25) is 0 Å². The first-order chi connectivity index (χ1) is 3.60. The van der Waals surface area contributed by atoms with Crippen LogP contribution < -0.4 is 5.32 Å². The third-order valence-corrected chi connectivity index (χ3v) is 1.22. The average molecular weight is 131 g/mol. The standard InChI is InChI=1S/C5H9NOS/c1-5(2)3-7-4(8)6-5/h3H2,1-2H3,(H,6,8). The molecule has 3 heteroatoms. The number of thiocarbonyl (C=S) groups is 1. The summed E-state index contributed by atoms with van der Waals surface area (Å²) >= 11 is 4.73. The third-order valence-electron chi connectivity index (χ3n) is 1.00. The average Bonchev–Trinajstić information content (AvgIpc) is 1.82. The quantitative estimate of drug-likeness (QED) is 0.488. The topological polar surface area (TPSA) is 21.3 Å². The number of hydrogen-bond acceptors (Lipinski definition) is 2. The molecule has 0 spiro atoms. The lowest BCUT2D eigenvalue weighted by molar-refractivity contribution is 0.292. The molecule has 1 aliphatic rings. The van der Waals surface area contributed by atoms with Gasteiger partial charge in [-0.2, -0.15) is 0 Å². The van der Waals surface area contributed by atoms with Gasteiger partial charge < -0.3 is 10.1 Å². The van der Waals surface area contributed by atoms with Crippen molar-refractivity contribution in [2.45, 2.75) is 19.4 Å². The van der Waals surface area contributed by atoms with Gasteiger partial charge in [0.05, 0.1) is 5.54 Å². The van der Waals surface area contributed by atoms with Crippen molar-refractivity contribution < 1.29 is 4.74 Å². The first-order valence-electron chi connectivity index (χ1n) is 2.55. The molecule has 1 aliphatic heterocycles. The summed E-state index contributed by atoms with van der Waals surface area (Å²) in [5.74, 6) is 0. The van der Waals surface area contributed by atoms with E-state index in [1.807, 2.05) is 13.8 Å². The Morgan fingerprint density at radius 3 is 2.50 bits per heavy atom. The molecule has 0 aromatic heterocycles. The van der Waals surface area contributed by atoms with Crippen LogP contribution in [0.25, 0.3) is 0 Å². The number of hydrogen-bond donors (Lipinski definition) is 1. The maximum absolute atomic E-state index is 4.99. The molecule has 0 radical (unpaired) electrons. The molecule has 0 saturated carbocycles. The minimum absolute atomic E-state index is 0.0527. The Bertz CT molecular complexity index is 122. The SMILES string of the molecule is CC1(C)COC(=S)N1. The largest absolute Gasteiger partial charge is 0.469 e. The van der Waals surface area contributed by atoms with E-state index in [1.165, 1.54) is 0 Å². The lowest BCUT2D eigenvalue weighted by atomic mass is 10.1. The van der Waals surface area contributed by atoms with E-state index in [0.29, 0.717) is 11.8 Å². The molecule has 8 heavy (non-hydrogen) atoms. The van der Waals surface area contributed by atoms with Crippen molar-refractivity contribution in [3.8, 4) is 0 Å². The highest BCUT2D eigenvalue weighted by Gasteiger charge is 2.26. The van der Waals surface area contributed by atoms with Gasteiger partial charge in [0.15, 0.2) is 0 Å². The van der Waals surface area contributed by atoms with Crippen molar-refractivity contribution in [3.63, 3.8) is 0 Å². The normalized spacial score (nSPS) is 24.5. The maximum Gasteiger partial charge on any atom is 0.257 e. The number of ether oxygens (including phenoxy) is 1. The van der Waals surface area contributed by atoms with Crippen LogP contribution in [-0.4, -0.2) is 17.3 Å². The van der Waals surface area contributed by atoms with Gasteiger partial charge in [0.1, 0.15) is 6.61 Å². The highest BCUT2D eigenvalue weighted by molar-refractivity contribution is 7.80. The summed E-state index contributed by atoms with van der Waals surface area (Å²) in [6.45, 7) is 4.78.